The number of alkyl halides is 2. The lowest BCUT2D eigenvalue weighted by molar-refractivity contribution is -0.137. The number of hydrogen-bond donors (Lipinski definition) is 1. The first-order valence-corrected chi connectivity index (χ1v) is 11.7. The van der Waals surface area contributed by atoms with E-state index in [4.69, 9.17) is 18.1 Å². The molecular formula is C21H44Br2ClNO4. The highest BCUT2D eigenvalue weighted by atomic mass is 79.9. The van der Waals surface area contributed by atoms with Crippen LogP contribution in [-0.2, 0) is 14.3 Å². The van der Waals surface area contributed by atoms with Gasteiger partial charge in [0.15, 0.2) is 0 Å². The minimum Gasteiger partial charge on any atom is -0.463 e. The normalized spacial score (nSPS) is 8.38. The maximum Gasteiger partial charge on any atom is 0.330 e. The topological polar surface area (TPSA) is 66.8 Å². The van der Waals surface area contributed by atoms with Gasteiger partial charge in [-0.05, 0) is 50.2 Å². The molecule has 0 saturated heterocycles. The van der Waals surface area contributed by atoms with E-state index in [2.05, 4.69) is 75.4 Å². The highest BCUT2D eigenvalue weighted by Crippen LogP contribution is 1.89. The van der Waals surface area contributed by atoms with Crippen LogP contribution in [0.25, 0.3) is 0 Å². The number of carbonyl (C=O) groups is 2. The third-order valence-corrected chi connectivity index (χ3v) is 3.76. The van der Waals surface area contributed by atoms with Crippen molar-refractivity contribution in [2.45, 2.75) is 54.9 Å². The second-order valence-corrected chi connectivity index (χ2v) is 6.27. The minimum absolute atomic E-state index is 0. The summed E-state index contributed by atoms with van der Waals surface area (Å²) in [4.78, 5) is 22.2. The molecule has 8 heteroatoms. The van der Waals surface area contributed by atoms with Crippen LogP contribution in [0.15, 0.2) is 25.3 Å². The highest BCUT2D eigenvalue weighted by molar-refractivity contribution is 9.09. The summed E-state index contributed by atoms with van der Waals surface area (Å²) in [6.45, 7) is 19.5. The Balaban J connectivity index is -0.0000000622. The Labute approximate surface area is 203 Å². The lowest BCUT2D eigenvalue weighted by Crippen LogP contribution is -2.21. The van der Waals surface area contributed by atoms with Crippen molar-refractivity contribution < 1.29 is 20.8 Å². The smallest absolute Gasteiger partial charge is 0.330 e. The first-order chi connectivity index (χ1) is 13.8. The van der Waals surface area contributed by atoms with E-state index in [9.17, 15) is 9.59 Å². The molecule has 0 aliphatic rings. The molecule has 0 unspecified atom stereocenters. The van der Waals surface area contributed by atoms with Crippen LogP contribution in [0.3, 0.4) is 0 Å². The second-order valence-electron chi connectivity index (χ2n) is 4.31. The zero-order valence-electron chi connectivity index (χ0n) is 18.9. The highest BCUT2D eigenvalue weighted by Gasteiger charge is 1.91. The van der Waals surface area contributed by atoms with E-state index in [0.717, 1.165) is 35.7 Å². The van der Waals surface area contributed by atoms with Crippen molar-refractivity contribution in [3.63, 3.8) is 0 Å². The summed E-state index contributed by atoms with van der Waals surface area (Å²) < 4.78 is 10.9. The standard InChI is InChI=1S/C6H9BrO2.C6H15N.C3H7BrO.C3H3ClO.C2H6.CH4/c1-2-6(8)9-5-3-4-7;1-4-7(5-2)6-3;4-2-1-3-5;1-2-3(4)5;1-2;/h2H,1,3-5H2;4-6H2,1-3H3;5H,1-3H2;2H,1H2;1-2H3;1H4/i;;;;1D;. The van der Waals surface area contributed by atoms with Crippen LogP contribution in [0.1, 0.15) is 56.2 Å². The molecule has 0 spiro atoms. The summed E-state index contributed by atoms with van der Waals surface area (Å²) >= 11 is 11.1. The Kier molecular flexibility index (Phi) is 62.5. The fourth-order valence-electron chi connectivity index (χ4n) is 1.02. The van der Waals surface area contributed by atoms with Gasteiger partial charge in [-0.15, -0.1) is 0 Å². The largest absolute Gasteiger partial charge is 0.463 e. The zero-order valence-corrected chi connectivity index (χ0v) is 21.8. The van der Waals surface area contributed by atoms with Crippen LogP contribution in [-0.4, -0.2) is 64.7 Å². The maximum absolute atomic E-state index is 10.3. The number of aliphatic hydroxyl groups is 1. The number of allylic oxidation sites excluding steroid dienone is 1. The van der Waals surface area contributed by atoms with Crippen molar-refractivity contribution in [1.29, 1.82) is 0 Å². The van der Waals surface area contributed by atoms with E-state index in [1.807, 2.05) is 0 Å². The lowest BCUT2D eigenvalue weighted by Gasteiger charge is -2.13. The fraction of sp³-hybridized carbons (Fsp3) is 0.714. The van der Waals surface area contributed by atoms with Crippen molar-refractivity contribution in [3.05, 3.63) is 25.3 Å². The van der Waals surface area contributed by atoms with E-state index in [1.165, 1.54) is 19.6 Å². The number of aliphatic hydroxyl groups excluding tert-OH is 1. The molecule has 0 aromatic carbocycles. The zero-order chi connectivity index (χ0) is 23.9. The van der Waals surface area contributed by atoms with Gasteiger partial charge < -0.3 is 14.7 Å². The van der Waals surface area contributed by atoms with E-state index in [-0.39, 0.29) is 13.4 Å². The van der Waals surface area contributed by atoms with Gasteiger partial charge in [-0.25, -0.2) is 4.79 Å². The molecule has 0 rings (SSSR count). The van der Waals surface area contributed by atoms with Crippen LogP contribution in [0.5, 0.6) is 0 Å². The summed E-state index contributed by atoms with van der Waals surface area (Å²) in [6, 6.07) is 0. The molecule has 0 saturated carbocycles. The van der Waals surface area contributed by atoms with Gasteiger partial charge in [-0.3, -0.25) is 4.79 Å². The molecule has 0 amide bonds. The molecule has 0 radical (unpaired) electrons. The van der Waals surface area contributed by atoms with Crippen molar-refractivity contribution >= 4 is 54.7 Å². The van der Waals surface area contributed by atoms with E-state index < -0.39 is 5.24 Å². The Morgan fingerprint density at radius 1 is 1.10 bits per heavy atom. The number of hydrogen-bond acceptors (Lipinski definition) is 5. The van der Waals surface area contributed by atoms with Crippen molar-refractivity contribution in [2.75, 3.05) is 43.5 Å². The predicted octanol–water partition coefficient (Wildman–Crippen LogP) is 6.21. The van der Waals surface area contributed by atoms with Crippen LogP contribution >= 0.6 is 43.5 Å². The van der Waals surface area contributed by atoms with Gasteiger partial charge in [0.25, 0.3) is 0 Å². The summed E-state index contributed by atoms with van der Waals surface area (Å²) in [7, 11) is 0. The third-order valence-electron chi connectivity index (χ3n) is 2.48. The van der Waals surface area contributed by atoms with Gasteiger partial charge in [-0.2, -0.15) is 0 Å². The SMILES string of the molecule is C.C=CC(=O)Cl.C=CC(=O)OCCCBr.CCN(CC)CC.OCCCBr.[2H]CC. The third kappa shape index (κ3) is 65.6. The van der Waals surface area contributed by atoms with Gasteiger partial charge in [0, 0.05) is 24.7 Å². The van der Waals surface area contributed by atoms with Crippen LogP contribution in [0.2, 0.25) is 0 Å². The molecule has 0 aliphatic heterocycles. The molecule has 0 aliphatic carbocycles. The Morgan fingerprint density at radius 3 is 1.62 bits per heavy atom. The Hall–Kier alpha value is -0.210. The van der Waals surface area contributed by atoms with Gasteiger partial charge in [0.2, 0.25) is 5.24 Å². The summed E-state index contributed by atoms with van der Waals surface area (Å²) in [5.74, 6) is -0.351. The number of esters is 1. The second kappa shape index (κ2) is 46.1. The fourth-order valence-corrected chi connectivity index (χ4v) is 1.50. The summed E-state index contributed by atoms with van der Waals surface area (Å²) in [5, 5.41) is 9.29. The molecule has 0 atom stereocenters. The van der Waals surface area contributed by atoms with Crippen LogP contribution in [0.4, 0.5) is 0 Å². The molecule has 0 heterocycles. The Morgan fingerprint density at radius 2 is 1.48 bits per heavy atom. The van der Waals surface area contributed by atoms with E-state index >= 15 is 0 Å². The molecule has 0 aromatic rings. The molecule has 5 nitrogen and oxygen atoms in total. The molecular weight excluding hydrogens is 525 g/mol. The molecule has 29 heavy (non-hydrogen) atoms. The monoisotopic (exact) mass is 568 g/mol. The minimum atomic E-state index is -0.509. The number of rotatable bonds is 10. The van der Waals surface area contributed by atoms with E-state index in [1.54, 1.807) is 6.92 Å². The van der Waals surface area contributed by atoms with Gasteiger partial charge in [0.05, 0.1) is 6.61 Å². The molecule has 178 valence electrons. The number of halogens is 3. The Bertz CT molecular complexity index is 341. The summed E-state index contributed by atoms with van der Waals surface area (Å²) in [5.41, 5.74) is 0. The number of carbonyl (C=O) groups excluding carboxylic acids is 2. The molecule has 1 N–H and O–H groups in total. The van der Waals surface area contributed by atoms with Crippen molar-refractivity contribution in [3.8, 4) is 0 Å². The molecule has 0 fully saturated rings. The maximum atomic E-state index is 10.3. The first kappa shape index (κ1) is 39.3. The van der Waals surface area contributed by atoms with Gasteiger partial charge in [-0.1, -0.05) is 87.0 Å². The quantitative estimate of drug-likeness (QED) is 0.111. The van der Waals surface area contributed by atoms with Crippen LogP contribution in [0, 0.1) is 0 Å². The van der Waals surface area contributed by atoms with Crippen molar-refractivity contribution in [1.82, 2.24) is 4.90 Å². The van der Waals surface area contributed by atoms with Crippen molar-refractivity contribution in [2.24, 2.45) is 0 Å². The lowest BCUT2D eigenvalue weighted by atomic mass is 10.5. The van der Waals surface area contributed by atoms with Crippen LogP contribution < -0.4 is 0 Å². The number of ether oxygens (including phenoxy) is 1. The first-order valence-electron chi connectivity index (χ1n) is 9.82. The van der Waals surface area contributed by atoms with E-state index in [0.29, 0.717) is 20.1 Å². The molecule has 0 aromatic heterocycles. The summed E-state index contributed by atoms with van der Waals surface area (Å²) in [6.07, 6.45) is 3.91. The predicted molar refractivity (Wildman–Crippen MR) is 138 cm³/mol. The number of nitrogens with zero attached hydrogens (tertiary/aromatic N) is 1. The average Bonchev–Trinajstić information content (AvgIpc) is 2.72. The molecule has 0 bridgehead atoms. The van der Waals surface area contributed by atoms with Gasteiger partial charge in [0.1, 0.15) is 0 Å². The average molecular weight is 571 g/mol. The van der Waals surface area contributed by atoms with Gasteiger partial charge >= 0.3 is 5.97 Å².